The molecule has 2 aromatic carbocycles. The van der Waals surface area contributed by atoms with Gasteiger partial charge in [0.15, 0.2) is 0 Å². The first-order valence-electron chi connectivity index (χ1n) is 7.73. The molecule has 3 rings (SSSR count). The minimum absolute atomic E-state index is 0.229. The standard InChI is InChI=1S/C19H15N5O2/c1-26-16-8-6-14(7-9-16)22-18(25)17-10-11-21-19(24-17)23-15-4-2-13(12-20)3-5-15/h2-11H,1H3,(H,22,25)(H,21,23,24). The molecule has 0 saturated heterocycles. The van der Waals surface area contributed by atoms with Gasteiger partial charge < -0.3 is 15.4 Å². The number of anilines is 3. The molecule has 1 amide bonds. The molecule has 0 aliphatic carbocycles. The minimum atomic E-state index is -0.347. The van der Waals surface area contributed by atoms with Gasteiger partial charge >= 0.3 is 0 Å². The number of methoxy groups -OCH3 is 1. The van der Waals surface area contributed by atoms with Crippen molar-refractivity contribution in [3.8, 4) is 11.8 Å². The zero-order valence-electron chi connectivity index (χ0n) is 13.9. The van der Waals surface area contributed by atoms with Crippen molar-refractivity contribution in [3.63, 3.8) is 0 Å². The lowest BCUT2D eigenvalue weighted by Crippen LogP contribution is -2.14. The number of carbonyl (C=O) groups is 1. The number of ether oxygens (including phenoxy) is 1. The molecule has 0 unspecified atom stereocenters. The zero-order valence-corrected chi connectivity index (χ0v) is 13.9. The number of hydrogen-bond acceptors (Lipinski definition) is 6. The first-order chi connectivity index (χ1) is 12.7. The Morgan fingerprint density at radius 2 is 1.73 bits per heavy atom. The van der Waals surface area contributed by atoms with Gasteiger partial charge in [-0.25, -0.2) is 9.97 Å². The average molecular weight is 345 g/mol. The van der Waals surface area contributed by atoms with E-state index in [9.17, 15) is 4.79 Å². The van der Waals surface area contributed by atoms with E-state index < -0.39 is 0 Å². The SMILES string of the molecule is COc1ccc(NC(=O)c2ccnc(Nc3ccc(C#N)cc3)n2)cc1. The maximum Gasteiger partial charge on any atom is 0.274 e. The largest absolute Gasteiger partial charge is 0.497 e. The Morgan fingerprint density at radius 1 is 1.04 bits per heavy atom. The summed E-state index contributed by atoms with van der Waals surface area (Å²) in [5.41, 5.74) is 2.14. The maximum atomic E-state index is 12.4. The van der Waals surface area contributed by atoms with Gasteiger partial charge in [0.2, 0.25) is 5.95 Å². The van der Waals surface area contributed by atoms with E-state index in [0.29, 0.717) is 17.0 Å². The average Bonchev–Trinajstić information content (AvgIpc) is 2.69. The molecule has 0 saturated carbocycles. The highest BCUT2D eigenvalue weighted by atomic mass is 16.5. The minimum Gasteiger partial charge on any atom is -0.497 e. The van der Waals surface area contributed by atoms with E-state index in [1.165, 1.54) is 12.3 Å². The van der Waals surface area contributed by atoms with Crippen LogP contribution < -0.4 is 15.4 Å². The van der Waals surface area contributed by atoms with Gasteiger partial charge in [0.1, 0.15) is 11.4 Å². The molecule has 1 aromatic heterocycles. The first-order valence-corrected chi connectivity index (χ1v) is 7.73. The Bertz CT molecular complexity index is 947. The second-order valence-electron chi connectivity index (χ2n) is 5.26. The van der Waals surface area contributed by atoms with E-state index >= 15 is 0 Å². The molecule has 1 heterocycles. The van der Waals surface area contributed by atoms with Gasteiger partial charge in [0, 0.05) is 17.6 Å². The maximum absolute atomic E-state index is 12.4. The number of hydrogen-bond donors (Lipinski definition) is 2. The predicted molar refractivity (Wildman–Crippen MR) is 97.4 cm³/mol. The van der Waals surface area contributed by atoms with Gasteiger partial charge in [0.05, 0.1) is 18.7 Å². The molecule has 0 spiro atoms. The molecule has 0 aliphatic rings. The highest BCUT2D eigenvalue weighted by Crippen LogP contribution is 2.17. The van der Waals surface area contributed by atoms with Crippen LogP contribution >= 0.6 is 0 Å². The molecule has 7 heteroatoms. The van der Waals surface area contributed by atoms with Crippen molar-refractivity contribution in [2.75, 3.05) is 17.7 Å². The van der Waals surface area contributed by atoms with Crippen molar-refractivity contribution < 1.29 is 9.53 Å². The Morgan fingerprint density at radius 3 is 2.38 bits per heavy atom. The summed E-state index contributed by atoms with van der Waals surface area (Å²) >= 11 is 0. The fraction of sp³-hybridized carbons (Fsp3) is 0.0526. The van der Waals surface area contributed by atoms with Gasteiger partial charge in [-0.1, -0.05) is 0 Å². The third kappa shape index (κ3) is 4.13. The van der Waals surface area contributed by atoms with Crippen LogP contribution in [0.2, 0.25) is 0 Å². The summed E-state index contributed by atoms with van der Waals surface area (Å²) in [6.45, 7) is 0. The third-order valence-electron chi connectivity index (χ3n) is 3.51. The molecule has 0 aliphatic heterocycles. The number of amides is 1. The molecular formula is C19H15N5O2. The normalized spacial score (nSPS) is 9.85. The zero-order chi connectivity index (χ0) is 18.4. The lowest BCUT2D eigenvalue weighted by molar-refractivity contribution is 0.102. The molecule has 0 fully saturated rings. The van der Waals surface area contributed by atoms with E-state index in [4.69, 9.17) is 10.00 Å². The summed E-state index contributed by atoms with van der Waals surface area (Å²) in [6, 6.07) is 17.4. The van der Waals surface area contributed by atoms with Crippen molar-refractivity contribution in [3.05, 3.63) is 72.1 Å². The van der Waals surface area contributed by atoms with Crippen molar-refractivity contribution >= 4 is 23.2 Å². The second-order valence-corrected chi connectivity index (χ2v) is 5.26. The number of nitrogens with zero attached hydrogens (tertiary/aromatic N) is 3. The number of aromatic nitrogens is 2. The Balaban J connectivity index is 1.71. The summed E-state index contributed by atoms with van der Waals surface area (Å²) < 4.78 is 5.09. The molecule has 7 nitrogen and oxygen atoms in total. The summed E-state index contributed by atoms with van der Waals surface area (Å²) in [5, 5.41) is 14.6. The molecule has 0 atom stereocenters. The lowest BCUT2D eigenvalue weighted by atomic mass is 10.2. The van der Waals surface area contributed by atoms with Crippen LogP contribution in [0.5, 0.6) is 5.75 Å². The van der Waals surface area contributed by atoms with Gasteiger partial charge in [-0.05, 0) is 54.6 Å². The quantitative estimate of drug-likeness (QED) is 0.735. The van der Waals surface area contributed by atoms with Crippen LogP contribution in [0.25, 0.3) is 0 Å². The number of benzene rings is 2. The molecular weight excluding hydrogens is 330 g/mol. The van der Waals surface area contributed by atoms with Crippen LogP contribution in [-0.2, 0) is 0 Å². The fourth-order valence-electron chi connectivity index (χ4n) is 2.17. The summed E-state index contributed by atoms with van der Waals surface area (Å²) in [5.74, 6) is 0.650. The lowest BCUT2D eigenvalue weighted by Gasteiger charge is -2.08. The van der Waals surface area contributed by atoms with Crippen molar-refractivity contribution in [2.45, 2.75) is 0 Å². The highest BCUT2D eigenvalue weighted by molar-refractivity contribution is 6.03. The molecule has 0 radical (unpaired) electrons. The molecule has 2 N–H and O–H groups in total. The van der Waals surface area contributed by atoms with E-state index in [2.05, 4.69) is 26.7 Å². The van der Waals surface area contributed by atoms with Crippen molar-refractivity contribution in [2.24, 2.45) is 0 Å². The third-order valence-corrected chi connectivity index (χ3v) is 3.51. The first kappa shape index (κ1) is 16.9. The van der Waals surface area contributed by atoms with Crippen LogP contribution in [-0.4, -0.2) is 23.0 Å². The molecule has 128 valence electrons. The van der Waals surface area contributed by atoms with Crippen molar-refractivity contribution in [1.29, 1.82) is 5.26 Å². The number of rotatable bonds is 5. The van der Waals surface area contributed by atoms with Crippen LogP contribution in [0.4, 0.5) is 17.3 Å². The monoisotopic (exact) mass is 345 g/mol. The smallest absolute Gasteiger partial charge is 0.274 e. The Kier molecular flexibility index (Phi) is 5.05. The molecule has 0 bridgehead atoms. The molecule has 3 aromatic rings. The second kappa shape index (κ2) is 7.77. The van der Waals surface area contributed by atoms with Gasteiger partial charge in [0.25, 0.3) is 5.91 Å². The van der Waals surface area contributed by atoms with Crippen LogP contribution in [0.1, 0.15) is 16.1 Å². The summed E-state index contributed by atoms with van der Waals surface area (Å²) in [7, 11) is 1.58. The highest BCUT2D eigenvalue weighted by Gasteiger charge is 2.09. The number of carbonyl (C=O) groups excluding carboxylic acids is 1. The fourth-order valence-corrected chi connectivity index (χ4v) is 2.17. The predicted octanol–water partition coefficient (Wildman–Crippen LogP) is 3.35. The van der Waals surface area contributed by atoms with Gasteiger partial charge in [-0.15, -0.1) is 0 Å². The molecule has 26 heavy (non-hydrogen) atoms. The number of nitrogens with one attached hydrogen (secondary N) is 2. The van der Waals surface area contributed by atoms with E-state index in [-0.39, 0.29) is 17.5 Å². The topological polar surface area (TPSA) is 99.9 Å². The summed E-state index contributed by atoms with van der Waals surface area (Å²) in [4.78, 5) is 20.7. The summed E-state index contributed by atoms with van der Waals surface area (Å²) in [6.07, 6.45) is 1.50. The van der Waals surface area contributed by atoms with Crippen LogP contribution in [0.15, 0.2) is 60.8 Å². The van der Waals surface area contributed by atoms with Gasteiger partial charge in [-0.2, -0.15) is 5.26 Å². The van der Waals surface area contributed by atoms with Gasteiger partial charge in [-0.3, -0.25) is 4.79 Å². The van der Waals surface area contributed by atoms with E-state index in [1.54, 1.807) is 55.6 Å². The van der Waals surface area contributed by atoms with E-state index in [0.717, 1.165) is 5.69 Å². The van der Waals surface area contributed by atoms with Crippen LogP contribution in [0.3, 0.4) is 0 Å². The van der Waals surface area contributed by atoms with E-state index in [1.807, 2.05) is 0 Å². The Labute approximate surface area is 150 Å². The Hall–Kier alpha value is -3.92. The number of nitriles is 1. The van der Waals surface area contributed by atoms with Crippen molar-refractivity contribution in [1.82, 2.24) is 9.97 Å². The van der Waals surface area contributed by atoms with Crippen LogP contribution in [0, 0.1) is 11.3 Å².